The van der Waals surface area contributed by atoms with E-state index in [-0.39, 0.29) is 17.9 Å². The van der Waals surface area contributed by atoms with E-state index in [9.17, 15) is 13.2 Å². The summed E-state index contributed by atoms with van der Waals surface area (Å²) < 4.78 is 26.3. The molecule has 1 aromatic carbocycles. The number of benzene rings is 1. The van der Waals surface area contributed by atoms with E-state index in [0.717, 1.165) is 0 Å². The summed E-state index contributed by atoms with van der Waals surface area (Å²) in [7, 11) is -3.56. The first kappa shape index (κ1) is 14.7. The Morgan fingerprint density at radius 1 is 1.39 bits per heavy atom. The highest BCUT2D eigenvalue weighted by molar-refractivity contribution is 7.89. The molecule has 100 valence electrons. The number of aliphatic carboxylic acids is 1. The number of hydrogen-bond acceptors (Lipinski definition) is 3. The summed E-state index contributed by atoms with van der Waals surface area (Å²) in [6.07, 6.45) is 0.264. The molecule has 0 aliphatic heterocycles. The molecular formula is C12H17NO4S. The van der Waals surface area contributed by atoms with Gasteiger partial charge in [0.15, 0.2) is 0 Å². The highest BCUT2D eigenvalue weighted by Crippen LogP contribution is 2.13. The fourth-order valence-corrected chi connectivity index (χ4v) is 2.76. The van der Waals surface area contributed by atoms with Crippen molar-refractivity contribution in [3.05, 3.63) is 29.8 Å². The molecule has 5 nitrogen and oxygen atoms in total. The van der Waals surface area contributed by atoms with E-state index >= 15 is 0 Å². The Morgan fingerprint density at radius 2 is 2.00 bits per heavy atom. The first-order valence-corrected chi connectivity index (χ1v) is 7.11. The van der Waals surface area contributed by atoms with E-state index in [2.05, 4.69) is 4.72 Å². The number of carboxylic acid groups (broad SMARTS) is 1. The second-order valence-corrected chi connectivity index (χ2v) is 5.93. The van der Waals surface area contributed by atoms with Crippen molar-refractivity contribution in [1.82, 2.24) is 4.72 Å². The highest BCUT2D eigenvalue weighted by Gasteiger charge is 2.17. The Hall–Kier alpha value is -1.40. The lowest BCUT2D eigenvalue weighted by atomic mass is 10.1. The largest absolute Gasteiger partial charge is 0.481 e. The normalized spacial score (nSPS) is 13.2. The van der Waals surface area contributed by atoms with Crippen LogP contribution in [0.25, 0.3) is 0 Å². The van der Waals surface area contributed by atoms with Crippen LogP contribution in [0.3, 0.4) is 0 Å². The smallest absolute Gasteiger partial charge is 0.306 e. The van der Waals surface area contributed by atoms with Crippen LogP contribution in [0.5, 0.6) is 0 Å². The van der Waals surface area contributed by atoms with Gasteiger partial charge in [-0.25, -0.2) is 13.1 Å². The molecule has 0 aromatic heterocycles. The Balaban J connectivity index is 2.67. The van der Waals surface area contributed by atoms with Crippen molar-refractivity contribution in [2.75, 3.05) is 6.54 Å². The van der Waals surface area contributed by atoms with Crippen LogP contribution in [0.2, 0.25) is 0 Å². The highest BCUT2D eigenvalue weighted by atomic mass is 32.2. The molecule has 1 atom stereocenters. The van der Waals surface area contributed by atoms with Gasteiger partial charge in [0.1, 0.15) is 0 Å². The molecule has 1 aromatic rings. The van der Waals surface area contributed by atoms with Crippen LogP contribution >= 0.6 is 0 Å². The minimum absolute atomic E-state index is 0.115. The fourth-order valence-electron chi connectivity index (χ4n) is 1.47. The second-order valence-electron chi connectivity index (χ2n) is 4.19. The predicted octanol–water partition coefficient (Wildman–Crippen LogP) is 1.38. The van der Waals surface area contributed by atoms with Gasteiger partial charge in [0.05, 0.1) is 10.8 Å². The molecule has 6 heteroatoms. The number of nitrogens with one attached hydrogen (secondary N) is 1. The number of carbonyl (C=O) groups is 1. The Labute approximate surface area is 107 Å². The van der Waals surface area contributed by atoms with Gasteiger partial charge in [-0.2, -0.15) is 0 Å². The average Bonchev–Trinajstić information content (AvgIpc) is 2.28. The zero-order chi connectivity index (χ0) is 13.8. The monoisotopic (exact) mass is 271 g/mol. The molecule has 18 heavy (non-hydrogen) atoms. The third-order valence-corrected chi connectivity index (χ3v) is 4.30. The molecule has 0 aliphatic carbocycles. The number of sulfonamides is 1. The minimum Gasteiger partial charge on any atom is -0.481 e. The molecule has 0 aliphatic rings. The summed E-state index contributed by atoms with van der Waals surface area (Å²) in [5.41, 5.74) is 0.663. The molecule has 0 fully saturated rings. The van der Waals surface area contributed by atoms with Crippen molar-refractivity contribution in [3.8, 4) is 0 Å². The van der Waals surface area contributed by atoms with E-state index < -0.39 is 21.9 Å². The van der Waals surface area contributed by atoms with E-state index in [0.29, 0.717) is 5.56 Å². The first-order chi connectivity index (χ1) is 8.34. The maximum Gasteiger partial charge on any atom is 0.306 e. The third-order valence-electron chi connectivity index (χ3n) is 2.67. The van der Waals surface area contributed by atoms with Crippen molar-refractivity contribution in [3.63, 3.8) is 0 Å². The zero-order valence-electron chi connectivity index (χ0n) is 10.4. The van der Waals surface area contributed by atoms with Crippen LogP contribution in [0.4, 0.5) is 0 Å². The van der Waals surface area contributed by atoms with Crippen LogP contribution < -0.4 is 4.72 Å². The van der Waals surface area contributed by atoms with E-state index in [1.54, 1.807) is 32.0 Å². The molecule has 0 spiro atoms. The predicted molar refractivity (Wildman–Crippen MR) is 67.8 cm³/mol. The Bertz CT molecular complexity index is 525. The molecule has 0 heterocycles. The van der Waals surface area contributed by atoms with Crippen LogP contribution in [-0.2, 0) is 14.8 Å². The number of carboxylic acids is 1. The van der Waals surface area contributed by atoms with Gasteiger partial charge in [0, 0.05) is 6.54 Å². The van der Waals surface area contributed by atoms with Crippen LogP contribution in [0.1, 0.15) is 18.9 Å². The summed E-state index contributed by atoms with van der Waals surface area (Å²) >= 11 is 0. The van der Waals surface area contributed by atoms with Gasteiger partial charge in [-0.05, 0) is 25.0 Å². The van der Waals surface area contributed by atoms with Gasteiger partial charge >= 0.3 is 5.97 Å². The summed E-state index contributed by atoms with van der Waals surface area (Å²) in [6, 6.07) is 6.66. The Kier molecular flexibility index (Phi) is 4.86. The van der Waals surface area contributed by atoms with Gasteiger partial charge in [0.25, 0.3) is 0 Å². The first-order valence-electron chi connectivity index (χ1n) is 5.62. The molecule has 0 saturated heterocycles. The number of aryl methyl sites for hydroxylation is 1. The second kappa shape index (κ2) is 5.97. The molecule has 0 amide bonds. The lowest BCUT2D eigenvalue weighted by Crippen LogP contribution is -2.27. The van der Waals surface area contributed by atoms with Crippen molar-refractivity contribution < 1.29 is 18.3 Å². The molecule has 0 radical (unpaired) electrons. The lowest BCUT2D eigenvalue weighted by Gasteiger charge is -2.10. The van der Waals surface area contributed by atoms with Crippen molar-refractivity contribution >= 4 is 16.0 Å². The zero-order valence-corrected chi connectivity index (χ0v) is 11.2. The van der Waals surface area contributed by atoms with Gasteiger partial charge in [-0.1, -0.05) is 25.1 Å². The topological polar surface area (TPSA) is 83.5 Å². The van der Waals surface area contributed by atoms with Gasteiger partial charge in [-0.3, -0.25) is 4.79 Å². The van der Waals surface area contributed by atoms with E-state index in [4.69, 9.17) is 5.11 Å². The molecule has 1 unspecified atom stereocenters. The summed E-state index contributed by atoms with van der Waals surface area (Å²) in [5.74, 6) is -1.49. The quantitative estimate of drug-likeness (QED) is 0.819. The van der Waals surface area contributed by atoms with Crippen LogP contribution in [0, 0.1) is 12.8 Å². The molecule has 0 bridgehead atoms. The van der Waals surface area contributed by atoms with E-state index in [1.165, 1.54) is 6.07 Å². The standard InChI is InChI=1S/C12H17NO4S/c1-9-5-3-4-6-11(9)18(16,17)13-8-7-10(2)12(14)15/h3-6,10,13H,7-8H2,1-2H3,(H,14,15). The third kappa shape index (κ3) is 3.82. The minimum atomic E-state index is -3.56. The maximum absolute atomic E-state index is 11.9. The lowest BCUT2D eigenvalue weighted by molar-refractivity contribution is -0.141. The Morgan fingerprint density at radius 3 is 2.56 bits per heavy atom. The van der Waals surface area contributed by atoms with E-state index in [1.807, 2.05) is 0 Å². The van der Waals surface area contributed by atoms with Gasteiger partial charge in [-0.15, -0.1) is 0 Å². The maximum atomic E-state index is 11.9. The van der Waals surface area contributed by atoms with Crippen molar-refractivity contribution in [1.29, 1.82) is 0 Å². The summed E-state index contributed by atoms with van der Waals surface area (Å²) in [6.45, 7) is 3.38. The fraction of sp³-hybridized carbons (Fsp3) is 0.417. The van der Waals surface area contributed by atoms with Gasteiger partial charge in [0.2, 0.25) is 10.0 Å². The van der Waals surface area contributed by atoms with Crippen LogP contribution in [-0.4, -0.2) is 26.0 Å². The molecule has 1 rings (SSSR count). The summed E-state index contributed by atoms with van der Waals surface area (Å²) in [5, 5.41) is 8.70. The molecular weight excluding hydrogens is 254 g/mol. The molecule has 0 saturated carbocycles. The SMILES string of the molecule is Cc1ccccc1S(=O)(=O)NCCC(C)C(=O)O. The average molecular weight is 271 g/mol. The van der Waals surface area contributed by atoms with Crippen molar-refractivity contribution in [2.24, 2.45) is 5.92 Å². The van der Waals surface area contributed by atoms with Crippen molar-refractivity contribution in [2.45, 2.75) is 25.2 Å². The summed E-state index contributed by atoms with van der Waals surface area (Å²) in [4.78, 5) is 10.8. The molecule has 2 N–H and O–H groups in total. The number of rotatable bonds is 6. The van der Waals surface area contributed by atoms with Crippen LogP contribution in [0.15, 0.2) is 29.2 Å². The number of hydrogen-bond donors (Lipinski definition) is 2. The van der Waals surface area contributed by atoms with Gasteiger partial charge < -0.3 is 5.11 Å².